The van der Waals surface area contributed by atoms with Crippen molar-refractivity contribution in [2.45, 2.75) is 36.8 Å². The van der Waals surface area contributed by atoms with Gasteiger partial charge >= 0.3 is 0 Å². The Balaban J connectivity index is 1.41. The average molecular weight is 582 g/mol. The highest BCUT2D eigenvalue weighted by molar-refractivity contribution is 8.00. The third-order valence-corrected chi connectivity index (χ3v) is 7.48. The first-order valence-corrected chi connectivity index (χ1v) is 14.4. The normalized spacial score (nSPS) is 12.0. The first-order chi connectivity index (χ1) is 20.2. The van der Waals surface area contributed by atoms with Gasteiger partial charge in [0.2, 0.25) is 5.91 Å². The van der Waals surface area contributed by atoms with E-state index in [1.54, 1.807) is 66.7 Å². The van der Waals surface area contributed by atoms with Gasteiger partial charge in [-0.05, 0) is 79.1 Å². The maximum Gasteiger partial charge on any atom is 0.272 e. The summed E-state index contributed by atoms with van der Waals surface area (Å²) in [6, 6.07) is 29.2. The van der Waals surface area contributed by atoms with E-state index in [2.05, 4.69) is 29.8 Å². The van der Waals surface area contributed by atoms with E-state index in [-0.39, 0.29) is 22.4 Å². The second kappa shape index (κ2) is 14.3. The zero-order valence-electron chi connectivity index (χ0n) is 23.6. The molecule has 3 N–H and O–H groups in total. The number of hydrogen-bond donors (Lipinski definition) is 3. The predicted molar refractivity (Wildman–Crippen MR) is 168 cm³/mol. The van der Waals surface area contributed by atoms with E-state index in [1.165, 1.54) is 35.5 Å². The van der Waals surface area contributed by atoms with Crippen LogP contribution in [0, 0.1) is 5.82 Å². The molecule has 0 saturated carbocycles. The molecule has 0 aromatic heterocycles. The summed E-state index contributed by atoms with van der Waals surface area (Å²) >= 11 is 1.39. The van der Waals surface area contributed by atoms with Crippen LogP contribution in [0.25, 0.3) is 6.08 Å². The highest BCUT2D eigenvalue weighted by Crippen LogP contribution is 2.26. The summed E-state index contributed by atoms with van der Waals surface area (Å²) < 4.78 is 14.4. The van der Waals surface area contributed by atoms with Crippen molar-refractivity contribution in [2.75, 3.05) is 10.6 Å². The lowest BCUT2D eigenvalue weighted by Crippen LogP contribution is -2.30. The van der Waals surface area contributed by atoms with E-state index in [0.717, 1.165) is 10.6 Å². The van der Waals surface area contributed by atoms with Crippen molar-refractivity contribution in [3.8, 4) is 0 Å². The molecule has 4 aromatic rings. The van der Waals surface area contributed by atoms with Crippen LogP contribution < -0.4 is 16.0 Å². The van der Waals surface area contributed by atoms with Gasteiger partial charge in [-0.1, -0.05) is 62.4 Å². The van der Waals surface area contributed by atoms with Crippen molar-refractivity contribution in [1.82, 2.24) is 5.32 Å². The number of benzene rings is 4. The standard InChI is InChI=1S/C34H32FN3O3S/c1-22(2)24-13-15-27(16-14-24)36-32(39)23(3)42-29-19-17-28(18-20-29)37-34(41)31(21-26-11-7-8-12-30(26)35)38-33(40)25-9-5-4-6-10-25/h4-23H,1-3H3,(H,36,39)(H,37,41)(H,38,40)/b31-21-. The summed E-state index contributed by atoms with van der Waals surface area (Å²) in [5.74, 6) is -1.34. The van der Waals surface area contributed by atoms with Crippen molar-refractivity contribution in [3.63, 3.8) is 0 Å². The molecule has 214 valence electrons. The number of hydrogen-bond acceptors (Lipinski definition) is 4. The molecule has 0 aliphatic heterocycles. The van der Waals surface area contributed by atoms with Crippen LogP contribution in [0.15, 0.2) is 114 Å². The molecule has 6 nitrogen and oxygen atoms in total. The van der Waals surface area contributed by atoms with Gasteiger partial charge in [0.1, 0.15) is 11.5 Å². The van der Waals surface area contributed by atoms with Gasteiger partial charge in [0.15, 0.2) is 0 Å². The Morgan fingerprint density at radius 1 is 0.738 bits per heavy atom. The number of amides is 3. The molecular formula is C34H32FN3O3S. The van der Waals surface area contributed by atoms with Crippen LogP contribution in [-0.4, -0.2) is 23.0 Å². The van der Waals surface area contributed by atoms with E-state index in [1.807, 2.05) is 31.2 Å². The van der Waals surface area contributed by atoms with Crippen LogP contribution in [-0.2, 0) is 9.59 Å². The van der Waals surface area contributed by atoms with Gasteiger partial charge in [0.05, 0.1) is 5.25 Å². The van der Waals surface area contributed by atoms with Crippen molar-refractivity contribution >= 4 is 46.9 Å². The van der Waals surface area contributed by atoms with Crippen molar-refractivity contribution in [3.05, 3.63) is 131 Å². The Hall–Kier alpha value is -4.69. The first-order valence-electron chi connectivity index (χ1n) is 13.5. The zero-order chi connectivity index (χ0) is 30.1. The number of carbonyl (C=O) groups is 3. The van der Waals surface area contributed by atoms with Gasteiger partial charge in [0, 0.05) is 27.4 Å². The maximum absolute atomic E-state index is 14.4. The molecule has 0 aliphatic carbocycles. The molecule has 0 fully saturated rings. The third kappa shape index (κ3) is 8.41. The lowest BCUT2D eigenvalue weighted by molar-refractivity contribution is -0.115. The molecule has 0 spiro atoms. The first kappa shape index (κ1) is 30.3. The minimum Gasteiger partial charge on any atom is -0.325 e. The number of anilines is 2. The molecular weight excluding hydrogens is 549 g/mol. The number of halogens is 1. The molecule has 0 bridgehead atoms. The van der Waals surface area contributed by atoms with Crippen LogP contribution >= 0.6 is 11.8 Å². The molecule has 4 aromatic carbocycles. The zero-order valence-corrected chi connectivity index (χ0v) is 24.4. The smallest absolute Gasteiger partial charge is 0.272 e. The van der Waals surface area contributed by atoms with E-state index in [4.69, 9.17) is 0 Å². The Morgan fingerprint density at radius 2 is 1.33 bits per heavy atom. The molecule has 1 atom stereocenters. The SMILES string of the molecule is CC(Sc1ccc(NC(=O)/C(=C/c2ccccc2F)NC(=O)c2ccccc2)cc1)C(=O)Nc1ccc(C(C)C)cc1. The lowest BCUT2D eigenvalue weighted by Gasteiger charge is -2.14. The molecule has 4 rings (SSSR count). The van der Waals surface area contributed by atoms with Gasteiger partial charge < -0.3 is 16.0 Å². The van der Waals surface area contributed by atoms with E-state index >= 15 is 0 Å². The molecule has 0 saturated heterocycles. The molecule has 3 amide bonds. The number of rotatable bonds is 10. The predicted octanol–water partition coefficient (Wildman–Crippen LogP) is 7.48. The molecule has 8 heteroatoms. The van der Waals surface area contributed by atoms with Gasteiger partial charge in [-0.2, -0.15) is 0 Å². The number of nitrogens with one attached hydrogen (secondary N) is 3. The highest BCUT2D eigenvalue weighted by Gasteiger charge is 2.17. The summed E-state index contributed by atoms with van der Waals surface area (Å²) in [6.07, 6.45) is 1.30. The van der Waals surface area contributed by atoms with Gasteiger partial charge in [-0.25, -0.2) is 4.39 Å². The summed E-state index contributed by atoms with van der Waals surface area (Å²) in [5, 5.41) is 7.94. The Bertz CT molecular complexity index is 1570. The molecule has 0 aliphatic rings. The van der Waals surface area contributed by atoms with E-state index in [9.17, 15) is 18.8 Å². The Labute approximate surface area is 249 Å². The fraction of sp³-hybridized carbons (Fsp3) is 0.147. The molecule has 0 radical (unpaired) electrons. The van der Waals surface area contributed by atoms with Crippen LogP contribution in [0.2, 0.25) is 0 Å². The summed E-state index contributed by atoms with van der Waals surface area (Å²) in [4.78, 5) is 39.6. The van der Waals surface area contributed by atoms with Gasteiger partial charge in [0.25, 0.3) is 11.8 Å². The van der Waals surface area contributed by atoms with Crippen molar-refractivity contribution < 1.29 is 18.8 Å². The average Bonchev–Trinajstić information content (AvgIpc) is 2.99. The molecule has 1 unspecified atom stereocenters. The van der Waals surface area contributed by atoms with Gasteiger partial charge in [-0.15, -0.1) is 11.8 Å². The molecule has 42 heavy (non-hydrogen) atoms. The summed E-state index contributed by atoms with van der Waals surface area (Å²) in [6.45, 7) is 6.07. The topological polar surface area (TPSA) is 87.3 Å². The minimum atomic E-state index is -0.612. The Morgan fingerprint density at radius 3 is 1.98 bits per heavy atom. The monoisotopic (exact) mass is 581 g/mol. The lowest BCUT2D eigenvalue weighted by atomic mass is 10.0. The number of carbonyl (C=O) groups excluding carboxylic acids is 3. The van der Waals surface area contributed by atoms with E-state index < -0.39 is 17.6 Å². The Kier molecular flexibility index (Phi) is 10.3. The van der Waals surface area contributed by atoms with Gasteiger partial charge in [-0.3, -0.25) is 14.4 Å². The summed E-state index contributed by atoms with van der Waals surface area (Å²) in [7, 11) is 0. The maximum atomic E-state index is 14.4. The fourth-order valence-electron chi connectivity index (χ4n) is 3.96. The van der Waals surface area contributed by atoms with Crippen molar-refractivity contribution in [2.24, 2.45) is 0 Å². The second-order valence-electron chi connectivity index (χ2n) is 9.90. The summed E-state index contributed by atoms with van der Waals surface area (Å²) in [5.41, 5.74) is 2.83. The van der Waals surface area contributed by atoms with Crippen LogP contribution in [0.4, 0.5) is 15.8 Å². The highest BCUT2D eigenvalue weighted by atomic mass is 32.2. The van der Waals surface area contributed by atoms with Crippen LogP contribution in [0.5, 0.6) is 0 Å². The fourth-order valence-corrected chi connectivity index (χ4v) is 4.83. The van der Waals surface area contributed by atoms with Crippen molar-refractivity contribution in [1.29, 1.82) is 0 Å². The van der Waals surface area contributed by atoms with Crippen LogP contribution in [0.3, 0.4) is 0 Å². The number of thioether (sulfide) groups is 1. The minimum absolute atomic E-state index is 0.112. The quantitative estimate of drug-likeness (QED) is 0.134. The largest absolute Gasteiger partial charge is 0.325 e. The second-order valence-corrected chi connectivity index (χ2v) is 11.3. The van der Waals surface area contributed by atoms with E-state index in [0.29, 0.717) is 17.2 Å². The van der Waals surface area contributed by atoms with Crippen LogP contribution in [0.1, 0.15) is 48.2 Å². The molecule has 0 heterocycles. The third-order valence-electron chi connectivity index (χ3n) is 6.37.